The third kappa shape index (κ3) is 2.34. The number of carbonyl (C=O) groups is 1. The van der Waals surface area contributed by atoms with Gasteiger partial charge in [-0.3, -0.25) is 14.9 Å². The number of hydrogen-bond acceptors (Lipinski definition) is 4. The molecule has 0 bridgehead atoms. The third-order valence-corrected chi connectivity index (χ3v) is 4.24. The van der Waals surface area contributed by atoms with Gasteiger partial charge in [0, 0.05) is 22.7 Å². The molecule has 5 nitrogen and oxygen atoms in total. The Kier molecular flexibility index (Phi) is 3.84. The molecule has 1 atom stereocenters. The molecule has 0 N–H and O–H groups in total. The van der Waals surface area contributed by atoms with Crippen LogP contribution in [0.1, 0.15) is 6.42 Å². The number of halogens is 2. The Morgan fingerprint density at radius 1 is 1.56 bits per heavy atom. The van der Waals surface area contributed by atoms with E-state index in [-0.39, 0.29) is 34.0 Å². The van der Waals surface area contributed by atoms with E-state index in [1.54, 1.807) is 6.07 Å². The fraction of sp³-hybridized carbons (Fsp3) is 0.300. The summed E-state index contributed by atoms with van der Waals surface area (Å²) in [4.78, 5) is 23.6. The zero-order chi connectivity index (χ0) is 13.4. The smallest absolute Gasteiger partial charge is 0.305 e. The van der Waals surface area contributed by atoms with Crippen LogP contribution in [-0.4, -0.2) is 22.6 Å². The second-order valence-corrected chi connectivity index (χ2v) is 5.81. The van der Waals surface area contributed by atoms with Gasteiger partial charge in [-0.15, -0.1) is 0 Å². The fourth-order valence-corrected chi connectivity index (χ4v) is 2.71. The summed E-state index contributed by atoms with van der Waals surface area (Å²) in [6.07, 6.45) is 0.272. The summed E-state index contributed by atoms with van der Waals surface area (Å²) in [5.74, 6) is -0.184. The maximum Gasteiger partial charge on any atom is 0.312 e. The molecule has 1 amide bonds. The first-order valence-corrected chi connectivity index (χ1v) is 6.71. The largest absolute Gasteiger partial charge is 0.312 e. The highest BCUT2D eigenvalue weighted by atomic mass is 79.9. The Balaban J connectivity index is 2.54. The molecule has 0 aliphatic carbocycles. The molecular weight excluding hydrogens is 344 g/mol. The van der Waals surface area contributed by atoms with Crippen molar-refractivity contribution < 1.29 is 9.72 Å². The van der Waals surface area contributed by atoms with Gasteiger partial charge in [-0.25, -0.2) is 0 Å². The molecule has 96 valence electrons. The van der Waals surface area contributed by atoms with Gasteiger partial charge in [0.25, 0.3) is 0 Å². The van der Waals surface area contributed by atoms with E-state index in [4.69, 9.17) is 11.6 Å². The molecule has 18 heavy (non-hydrogen) atoms. The molecule has 0 spiro atoms. The van der Waals surface area contributed by atoms with E-state index < -0.39 is 4.92 Å². The second kappa shape index (κ2) is 5.07. The van der Waals surface area contributed by atoms with Crippen molar-refractivity contribution in [3.05, 3.63) is 31.7 Å². The molecule has 1 aliphatic heterocycles. The molecule has 1 aromatic carbocycles. The minimum Gasteiger partial charge on any atom is -0.305 e. The van der Waals surface area contributed by atoms with Gasteiger partial charge in [0.15, 0.2) is 0 Å². The fourth-order valence-electron chi connectivity index (χ4n) is 1.84. The lowest BCUT2D eigenvalue weighted by Gasteiger charge is -2.16. The highest BCUT2D eigenvalue weighted by molar-refractivity contribution is 9.10. The molecule has 1 aromatic rings. The number of thiol groups is 1. The number of amides is 1. The number of rotatable bonds is 2. The van der Waals surface area contributed by atoms with Gasteiger partial charge in [0.2, 0.25) is 5.91 Å². The highest BCUT2D eigenvalue weighted by Gasteiger charge is 2.34. The maximum atomic E-state index is 11.8. The van der Waals surface area contributed by atoms with E-state index in [1.165, 1.54) is 11.0 Å². The first-order chi connectivity index (χ1) is 8.41. The SMILES string of the molecule is O=C1CC(S)CN1c1ccc(Br)c(Cl)c1[N+](=O)[O-]. The van der Waals surface area contributed by atoms with E-state index >= 15 is 0 Å². The standard InChI is InChI=1S/C10H8BrClN2O3S/c11-6-1-2-7(10(9(6)12)14(16)17)13-4-5(18)3-8(13)15/h1-2,5,18H,3-4H2. The summed E-state index contributed by atoms with van der Waals surface area (Å²) in [6, 6.07) is 3.10. The monoisotopic (exact) mass is 350 g/mol. The van der Waals surface area contributed by atoms with Gasteiger partial charge in [0.05, 0.1) is 4.92 Å². The molecule has 8 heteroatoms. The minimum atomic E-state index is -0.582. The van der Waals surface area contributed by atoms with E-state index in [1.807, 2.05) is 0 Å². The normalized spacial score (nSPS) is 19.4. The third-order valence-electron chi connectivity index (χ3n) is 2.63. The van der Waals surface area contributed by atoms with Gasteiger partial charge in [-0.2, -0.15) is 12.6 Å². The number of nitrogens with zero attached hydrogens (tertiary/aromatic N) is 2. The van der Waals surface area contributed by atoms with Crippen LogP contribution >= 0.6 is 40.2 Å². The first kappa shape index (κ1) is 13.6. The van der Waals surface area contributed by atoms with Crippen molar-refractivity contribution in [1.29, 1.82) is 0 Å². The van der Waals surface area contributed by atoms with E-state index in [2.05, 4.69) is 28.6 Å². The van der Waals surface area contributed by atoms with Crippen molar-refractivity contribution in [3.8, 4) is 0 Å². The average Bonchev–Trinajstić information content (AvgIpc) is 2.61. The van der Waals surface area contributed by atoms with Crippen molar-refractivity contribution in [1.82, 2.24) is 0 Å². The number of anilines is 1. The van der Waals surface area contributed by atoms with Gasteiger partial charge in [-0.05, 0) is 28.1 Å². The highest BCUT2D eigenvalue weighted by Crippen LogP contribution is 2.41. The van der Waals surface area contributed by atoms with Crippen molar-refractivity contribution >= 4 is 57.4 Å². The zero-order valence-electron chi connectivity index (χ0n) is 8.97. The molecule has 2 rings (SSSR count). The number of hydrogen-bond donors (Lipinski definition) is 1. The summed E-state index contributed by atoms with van der Waals surface area (Å²) in [7, 11) is 0. The van der Waals surface area contributed by atoms with Crippen molar-refractivity contribution in [2.45, 2.75) is 11.7 Å². The molecule has 0 saturated carbocycles. The zero-order valence-corrected chi connectivity index (χ0v) is 12.2. The van der Waals surface area contributed by atoms with Crippen molar-refractivity contribution in [2.75, 3.05) is 11.4 Å². The molecule has 1 heterocycles. The molecule has 1 aliphatic rings. The van der Waals surface area contributed by atoms with Crippen LogP contribution in [0, 0.1) is 10.1 Å². The number of carbonyl (C=O) groups excluding carboxylic acids is 1. The number of benzene rings is 1. The second-order valence-electron chi connectivity index (χ2n) is 3.85. The topological polar surface area (TPSA) is 63.5 Å². The lowest BCUT2D eigenvalue weighted by molar-refractivity contribution is -0.384. The average molecular weight is 352 g/mol. The Morgan fingerprint density at radius 2 is 2.22 bits per heavy atom. The van der Waals surface area contributed by atoms with E-state index in [9.17, 15) is 14.9 Å². The predicted octanol–water partition coefficient (Wildman–Crippen LogP) is 3.05. The van der Waals surface area contributed by atoms with Crippen molar-refractivity contribution in [2.24, 2.45) is 0 Å². The Labute approximate surface area is 122 Å². The van der Waals surface area contributed by atoms with E-state index in [0.717, 1.165) is 0 Å². The first-order valence-electron chi connectivity index (χ1n) is 5.02. The lowest BCUT2D eigenvalue weighted by Crippen LogP contribution is -2.25. The summed E-state index contributed by atoms with van der Waals surface area (Å²) in [5, 5.41) is 11.0. The van der Waals surface area contributed by atoms with Gasteiger partial charge in [0.1, 0.15) is 10.7 Å². The Morgan fingerprint density at radius 3 is 2.72 bits per heavy atom. The lowest BCUT2D eigenvalue weighted by atomic mass is 10.2. The molecular formula is C10H8BrClN2O3S. The predicted molar refractivity (Wildman–Crippen MR) is 75.6 cm³/mol. The molecule has 1 fully saturated rings. The summed E-state index contributed by atoms with van der Waals surface area (Å²) in [6.45, 7) is 0.348. The van der Waals surface area contributed by atoms with Crippen molar-refractivity contribution in [3.63, 3.8) is 0 Å². The van der Waals surface area contributed by atoms with Crippen LogP contribution in [0.15, 0.2) is 16.6 Å². The van der Waals surface area contributed by atoms with Crippen LogP contribution in [0.3, 0.4) is 0 Å². The molecule has 1 saturated heterocycles. The summed E-state index contributed by atoms with van der Waals surface area (Å²) < 4.78 is 0.425. The van der Waals surface area contributed by atoms with Gasteiger partial charge < -0.3 is 4.90 Å². The minimum absolute atomic E-state index is 0.00656. The molecule has 1 unspecified atom stereocenters. The van der Waals surface area contributed by atoms with Crippen LogP contribution in [0.25, 0.3) is 0 Å². The Hall–Kier alpha value is -0.790. The quantitative estimate of drug-likeness (QED) is 0.506. The van der Waals surface area contributed by atoms with Gasteiger partial charge in [-0.1, -0.05) is 11.6 Å². The molecule has 0 aromatic heterocycles. The number of nitro groups is 1. The molecule has 0 radical (unpaired) electrons. The van der Waals surface area contributed by atoms with Crippen LogP contribution in [0.5, 0.6) is 0 Å². The Bertz CT molecular complexity index is 540. The number of nitro benzene ring substituents is 1. The summed E-state index contributed by atoms with van der Waals surface area (Å²) >= 11 is 13.3. The summed E-state index contributed by atoms with van der Waals surface area (Å²) in [5.41, 5.74) is -0.0448. The van der Waals surface area contributed by atoms with Crippen LogP contribution < -0.4 is 4.90 Å². The van der Waals surface area contributed by atoms with Crippen LogP contribution in [0.4, 0.5) is 11.4 Å². The van der Waals surface area contributed by atoms with E-state index in [0.29, 0.717) is 11.0 Å². The van der Waals surface area contributed by atoms with Crippen LogP contribution in [0.2, 0.25) is 5.02 Å². The van der Waals surface area contributed by atoms with Crippen LogP contribution in [-0.2, 0) is 4.79 Å². The van der Waals surface area contributed by atoms with Gasteiger partial charge >= 0.3 is 5.69 Å². The maximum absolute atomic E-state index is 11.8.